The van der Waals surface area contributed by atoms with E-state index in [1.54, 1.807) is 18.2 Å². The van der Waals surface area contributed by atoms with Crippen molar-refractivity contribution in [2.75, 3.05) is 6.54 Å². The van der Waals surface area contributed by atoms with Crippen molar-refractivity contribution in [2.45, 2.75) is 50.2 Å². The summed E-state index contributed by atoms with van der Waals surface area (Å²) in [4.78, 5) is 12.9. The van der Waals surface area contributed by atoms with Gasteiger partial charge in [0, 0.05) is 12.1 Å². The van der Waals surface area contributed by atoms with Crippen LogP contribution in [0.25, 0.3) is 0 Å². The second-order valence-corrected chi connectivity index (χ2v) is 6.27. The van der Waals surface area contributed by atoms with E-state index in [0.29, 0.717) is 32.1 Å². The molecular weight excluding hydrogens is 295 g/mol. The van der Waals surface area contributed by atoms with Gasteiger partial charge in [-0.05, 0) is 61.8 Å². The van der Waals surface area contributed by atoms with Crippen LogP contribution in [0, 0.1) is 0 Å². The van der Waals surface area contributed by atoms with Gasteiger partial charge in [-0.3, -0.25) is 4.79 Å². The summed E-state index contributed by atoms with van der Waals surface area (Å²) in [7, 11) is 0. The van der Waals surface area contributed by atoms with Crippen LogP contribution in [0.5, 0.6) is 5.75 Å². The lowest BCUT2D eigenvalue weighted by atomic mass is 9.72. The van der Waals surface area contributed by atoms with Gasteiger partial charge in [0.2, 0.25) is 0 Å². The second kappa shape index (κ2) is 5.18. The lowest BCUT2D eigenvalue weighted by Gasteiger charge is -2.50. The first-order valence-corrected chi connectivity index (χ1v) is 7.51. The molecule has 3 nitrogen and oxygen atoms in total. The van der Waals surface area contributed by atoms with Crippen LogP contribution in [0.2, 0.25) is 0 Å². The number of phenols is 1. The molecule has 22 heavy (non-hydrogen) atoms. The molecule has 1 saturated heterocycles. The largest absolute Gasteiger partial charge is 0.508 e. The smallest absolute Gasteiger partial charge is 0.471 e. The normalized spacial score (nSPS) is 25.1. The van der Waals surface area contributed by atoms with Crippen molar-refractivity contribution >= 4 is 5.91 Å². The highest BCUT2D eigenvalue weighted by Gasteiger charge is 2.51. The van der Waals surface area contributed by atoms with Crippen molar-refractivity contribution in [1.29, 1.82) is 0 Å². The van der Waals surface area contributed by atoms with Crippen LogP contribution >= 0.6 is 0 Å². The molecule has 0 aromatic heterocycles. The Morgan fingerprint density at radius 1 is 1.18 bits per heavy atom. The van der Waals surface area contributed by atoms with Gasteiger partial charge in [-0.1, -0.05) is 6.07 Å². The lowest BCUT2D eigenvalue weighted by molar-refractivity contribution is -0.194. The molecule has 1 atom stereocenters. The number of piperidine rings is 1. The number of rotatable bonds is 0. The predicted molar refractivity (Wildman–Crippen MR) is 74.5 cm³/mol. The number of likely N-dealkylation sites (tertiary alicyclic amines) is 1. The molecule has 0 saturated carbocycles. The summed E-state index contributed by atoms with van der Waals surface area (Å²) in [5.74, 6) is -1.55. The van der Waals surface area contributed by atoms with Crippen LogP contribution in [0.4, 0.5) is 13.2 Å². The number of hydrogen-bond acceptors (Lipinski definition) is 2. The van der Waals surface area contributed by atoms with E-state index in [2.05, 4.69) is 0 Å². The first-order valence-electron chi connectivity index (χ1n) is 7.51. The SMILES string of the molecule is O=C(N1CCCCC12CCc1cc(O)ccc1C2)C(F)(F)F. The highest BCUT2D eigenvalue weighted by atomic mass is 19.4. The van der Waals surface area contributed by atoms with Gasteiger partial charge in [0.1, 0.15) is 5.75 Å². The molecule has 6 heteroatoms. The molecule has 1 N–H and O–H groups in total. The number of phenolic OH excluding ortho intramolecular Hbond substituents is 1. The number of nitrogens with zero attached hydrogens (tertiary/aromatic N) is 1. The van der Waals surface area contributed by atoms with Crippen molar-refractivity contribution in [3.8, 4) is 5.75 Å². The van der Waals surface area contributed by atoms with Crippen molar-refractivity contribution in [1.82, 2.24) is 4.90 Å². The van der Waals surface area contributed by atoms with E-state index >= 15 is 0 Å². The fraction of sp³-hybridized carbons (Fsp3) is 0.562. The summed E-state index contributed by atoms with van der Waals surface area (Å²) in [6.45, 7) is 0.172. The van der Waals surface area contributed by atoms with Crippen LogP contribution in [-0.4, -0.2) is 34.2 Å². The maximum Gasteiger partial charge on any atom is 0.471 e. The number of hydrogen-bond donors (Lipinski definition) is 1. The monoisotopic (exact) mass is 313 g/mol. The van der Waals surface area contributed by atoms with Crippen molar-refractivity contribution in [2.24, 2.45) is 0 Å². The third kappa shape index (κ3) is 2.55. The molecule has 0 bridgehead atoms. The number of alkyl halides is 3. The Bertz CT molecular complexity index is 600. The second-order valence-electron chi connectivity index (χ2n) is 6.27. The number of carbonyl (C=O) groups is 1. The van der Waals surface area contributed by atoms with Gasteiger partial charge in [-0.25, -0.2) is 0 Å². The maximum atomic E-state index is 12.9. The molecule has 1 fully saturated rings. The van der Waals surface area contributed by atoms with E-state index in [-0.39, 0.29) is 12.3 Å². The number of benzene rings is 1. The van der Waals surface area contributed by atoms with Crippen molar-refractivity contribution in [3.05, 3.63) is 29.3 Å². The molecule has 1 spiro atoms. The minimum Gasteiger partial charge on any atom is -0.508 e. The fourth-order valence-electron chi connectivity index (χ4n) is 3.84. The van der Waals surface area contributed by atoms with Crippen LogP contribution in [0.1, 0.15) is 36.8 Å². The molecule has 1 aliphatic heterocycles. The molecule has 1 unspecified atom stereocenters. The summed E-state index contributed by atoms with van der Waals surface area (Å²) in [6.07, 6.45) is -1.21. The molecule has 1 aliphatic carbocycles. The van der Waals surface area contributed by atoms with Gasteiger partial charge in [0.15, 0.2) is 0 Å². The molecule has 2 aliphatic rings. The van der Waals surface area contributed by atoms with E-state index < -0.39 is 17.6 Å². The van der Waals surface area contributed by atoms with Gasteiger partial charge in [0.25, 0.3) is 0 Å². The highest BCUT2D eigenvalue weighted by molar-refractivity contribution is 5.83. The maximum absolute atomic E-state index is 12.9. The zero-order chi connectivity index (χ0) is 16.0. The van der Waals surface area contributed by atoms with Gasteiger partial charge in [-0.2, -0.15) is 13.2 Å². The van der Waals surface area contributed by atoms with Gasteiger partial charge in [0.05, 0.1) is 0 Å². The first-order chi connectivity index (χ1) is 10.3. The molecule has 120 valence electrons. The topological polar surface area (TPSA) is 40.5 Å². The Hall–Kier alpha value is -1.72. The van der Waals surface area contributed by atoms with Crippen LogP contribution in [-0.2, 0) is 17.6 Å². The Balaban J connectivity index is 1.93. The van der Waals surface area contributed by atoms with Crippen LogP contribution in [0.3, 0.4) is 0 Å². The summed E-state index contributed by atoms with van der Waals surface area (Å²) in [5.41, 5.74) is 1.18. The zero-order valence-corrected chi connectivity index (χ0v) is 12.1. The Morgan fingerprint density at radius 3 is 2.68 bits per heavy atom. The number of fused-ring (bicyclic) bond motifs is 1. The Morgan fingerprint density at radius 2 is 1.95 bits per heavy atom. The fourth-order valence-corrected chi connectivity index (χ4v) is 3.84. The molecular formula is C16H18F3NO2. The van der Waals surface area contributed by atoms with Crippen LogP contribution < -0.4 is 0 Å². The third-order valence-corrected chi connectivity index (χ3v) is 4.90. The number of amides is 1. The number of carbonyl (C=O) groups excluding carboxylic acids is 1. The van der Waals surface area contributed by atoms with Gasteiger partial charge < -0.3 is 10.0 Å². The predicted octanol–water partition coefficient (Wildman–Crippen LogP) is 3.19. The summed E-state index contributed by atoms with van der Waals surface area (Å²) < 4.78 is 38.7. The van der Waals surface area contributed by atoms with Crippen molar-refractivity contribution < 1.29 is 23.1 Å². The molecule has 1 heterocycles. The Kier molecular flexibility index (Phi) is 3.57. The van der Waals surface area contributed by atoms with E-state index in [1.807, 2.05) is 0 Å². The van der Waals surface area contributed by atoms with E-state index in [1.165, 1.54) is 0 Å². The van der Waals surface area contributed by atoms with Crippen LogP contribution in [0.15, 0.2) is 18.2 Å². The highest BCUT2D eigenvalue weighted by Crippen LogP contribution is 2.42. The summed E-state index contributed by atoms with van der Waals surface area (Å²) in [5, 5.41) is 9.52. The summed E-state index contributed by atoms with van der Waals surface area (Å²) in [6, 6.07) is 4.98. The minimum atomic E-state index is -4.82. The number of aromatic hydroxyl groups is 1. The number of halogens is 3. The van der Waals surface area contributed by atoms with E-state index in [9.17, 15) is 23.1 Å². The zero-order valence-electron chi connectivity index (χ0n) is 12.1. The molecule has 1 aromatic carbocycles. The lowest BCUT2D eigenvalue weighted by Crippen LogP contribution is -2.60. The molecule has 3 rings (SSSR count). The van der Waals surface area contributed by atoms with Gasteiger partial charge in [-0.15, -0.1) is 0 Å². The van der Waals surface area contributed by atoms with Gasteiger partial charge >= 0.3 is 12.1 Å². The quantitative estimate of drug-likeness (QED) is 0.799. The number of aryl methyl sites for hydroxylation is 1. The first kappa shape index (κ1) is 15.2. The molecule has 1 aromatic rings. The molecule has 1 amide bonds. The third-order valence-electron chi connectivity index (χ3n) is 4.90. The average molecular weight is 313 g/mol. The van der Waals surface area contributed by atoms with E-state index in [0.717, 1.165) is 22.4 Å². The molecule has 0 radical (unpaired) electrons. The average Bonchev–Trinajstić information content (AvgIpc) is 2.46. The van der Waals surface area contributed by atoms with E-state index in [4.69, 9.17) is 0 Å². The minimum absolute atomic E-state index is 0.168. The van der Waals surface area contributed by atoms with Crippen molar-refractivity contribution in [3.63, 3.8) is 0 Å². The standard InChI is InChI=1S/C16H18F3NO2/c17-16(18,19)14(22)20-8-2-1-6-15(20)7-5-11-9-13(21)4-3-12(11)10-15/h3-4,9,21H,1-2,5-8,10H2. The Labute approximate surface area is 126 Å². The summed E-state index contributed by atoms with van der Waals surface area (Å²) >= 11 is 0.